The molecule has 2 aromatic heterocycles. The second-order valence-electron chi connectivity index (χ2n) is 11.8. The molecular formula is C35H18F3GaN8O2. The Bertz CT molecular complexity index is 2600. The molecule has 0 spiro atoms. The van der Waals surface area contributed by atoms with Crippen LogP contribution < -0.4 is 11.0 Å². The molecule has 0 unspecified atom stereocenters. The number of halogens is 3. The number of nitrogens with zero attached hydrogens (tertiary/aromatic N) is 8. The van der Waals surface area contributed by atoms with E-state index in [1.807, 2.05) is 97.1 Å². The molecule has 0 fully saturated rings. The van der Waals surface area contributed by atoms with Crippen molar-refractivity contribution in [1.82, 2.24) is 6.55 Å². The van der Waals surface area contributed by atoms with Gasteiger partial charge in [0.05, 0.1) is 0 Å². The normalized spacial score (nSPS) is 15.4. The summed E-state index contributed by atoms with van der Waals surface area (Å²) in [6.07, 6.45) is 0. The Hall–Kier alpha value is -5.86. The minimum absolute atomic E-state index is 0.290. The first kappa shape index (κ1) is 28.2. The maximum absolute atomic E-state index is 14.9. The van der Waals surface area contributed by atoms with E-state index >= 15 is 0 Å². The summed E-state index contributed by atoms with van der Waals surface area (Å²) in [5, 5.41) is 2.46. The van der Waals surface area contributed by atoms with E-state index in [-0.39, 0.29) is 0 Å². The van der Waals surface area contributed by atoms with Crippen molar-refractivity contribution in [2.75, 3.05) is 6.67 Å². The zero-order chi connectivity index (χ0) is 33.0. The number of hydrogen-bond donors (Lipinski definition) is 0. The summed E-state index contributed by atoms with van der Waals surface area (Å²) in [4.78, 5) is 43.3. The van der Waals surface area contributed by atoms with Crippen LogP contribution >= 0.6 is 0 Å². The van der Waals surface area contributed by atoms with Crippen molar-refractivity contribution in [3.63, 3.8) is 0 Å². The van der Waals surface area contributed by atoms with E-state index in [4.69, 9.17) is 33.5 Å². The Morgan fingerprint density at radius 1 is 0.571 bits per heavy atom. The van der Waals surface area contributed by atoms with Crippen LogP contribution in [0.4, 0.5) is 24.8 Å². The summed E-state index contributed by atoms with van der Waals surface area (Å²) >= 11 is -4.63. The average molecular weight is 709 g/mol. The second-order valence-corrected chi connectivity index (χ2v) is 15.8. The number of aliphatic imine (C=N–C) groups is 4. The van der Waals surface area contributed by atoms with Crippen LogP contribution in [0.2, 0.25) is 0 Å². The van der Waals surface area contributed by atoms with Crippen LogP contribution in [-0.2, 0) is 8.32 Å². The van der Waals surface area contributed by atoms with E-state index < -0.39 is 35.6 Å². The Labute approximate surface area is 279 Å². The summed E-state index contributed by atoms with van der Waals surface area (Å²) in [6.45, 7) is -2.22. The molecule has 49 heavy (non-hydrogen) atoms. The fourth-order valence-corrected chi connectivity index (χ4v) is 11.8. The Kier molecular flexibility index (Phi) is 5.79. The van der Waals surface area contributed by atoms with E-state index in [1.54, 1.807) is 6.55 Å². The number of alkyl halides is 3. The number of carbonyl (C=O) groups is 1. The number of aromatic nitrogens is 2. The molecule has 0 amide bonds. The fourth-order valence-electron chi connectivity index (χ4n) is 6.73. The summed E-state index contributed by atoms with van der Waals surface area (Å²) in [6, 6.07) is 29.6. The Balaban J connectivity index is 1.47. The number of hydrogen-bond acceptors (Lipinski definition) is 8. The van der Waals surface area contributed by atoms with E-state index in [9.17, 15) is 18.0 Å². The van der Waals surface area contributed by atoms with Gasteiger partial charge >= 0.3 is 280 Å². The van der Waals surface area contributed by atoms with Crippen molar-refractivity contribution in [3.8, 4) is 0 Å². The minimum atomic E-state index is -4.63. The molecule has 14 heteroatoms. The molecule has 4 aliphatic heterocycles. The summed E-state index contributed by atoms with van der Waals surface area (Å²) in [7, 11) is 0. The Morgan fingerprint density at radius 2 is 0.959 bits per heavy atom. The predicted octanol–water partition coefficient (Wildman–Crippen LogP) is 5.07. The maximum atomic E-state index is 14.9. The molecule has 0 saturated heterocycles. The van der Waals surface area contributed by atoms with E-state index in [1.165, 1.54) is 0 Å². The predicted molar refractivity (Wildman–Crippen MR) is 178 cm³/mol. The zero-order valence-electron chi connectivity index (χ0n) is 25.1. The van der Waals surface area contributed by atoms with Gasteiger partial charge in [0.2, 0.25) is 0 Å². The molecule has 6 heterocycles. The van der Waals surface area contributed by atoms with Crippen molar-refractivity contribution in [3.05, 3.63) is 130 Å². The monoisotopic (exact) mass is 708 g/mol. The zero-order valence-corrected chi connectivity index (χ0v) is 27.5. The molecule has 4 aromatic carbocycles. The average Bonchev–Trinajstić information content (AvgIpc) is 3.84. The van der Waals surface area contributed by atoms with Crippen LogP contribution in [0.1, 0.15) is 22.3 Å². The number of amidine groups is 4. The number of benzene rings is 4. The quantitative estimate of drug-likeness (QED) is 0.239. The number of rotatable bonds is 3. The van der Waals surface area contributed by atoms with Crippen molar-refractivity contribution in [1.29, 1.82) is 0 Å². The molecule has 0 radical (unpaired) electrons. The molecule has 6 bridgehead atoms. The van der Waals surface area contributed by atoms with Gasteiger partial charge in [-0.25, -0.2) is 0 Å². The molecule has 6 aromatic rings. The third kappa shape index (κ3) is 3.95. The van der Waals surface area contributed by atoms with Gasteiger partial charge < -0.3 is 0 Å². The van der Waals surface area contributed by atoms with Crippen LogP contribution in [0, 0.1) is 0 Å². The van der Waals surface area contributed by atoms with Crippen molar-refractivity contribution in [2.45, 2.75) is 5.92 Å². The van der Waals surface area contributed by atoms with Gasteiger partial charge in [0.15, 0.2) is 0 Å². The molecule has 0 atom stereocenters. The second kappa shape index (κ2) is 10.1. The van der Waals surface area contributed by atoms with Gasteiger partial charge in [0.25, 0.3) is 0 Å². The van der Waals surface area contributed by atoms with Crippen LogP contribution in [0.3, 0.4) is 0 Å². The van der Waals surface area contributed by atoms with Crippen LogP contribution in [0.5, 0.6) is 0 Å². The number of carbonyl (C=O) groups excluding carboxylic acids is 1. The van der Waals surface area contributed by atoms with Crippen LogP contribution in [0.25, 0.3) is 21.5 Å². The molecule has 0 aliphatic carbocycles. The molecular weight excluding hydrogens is 691 g/mol. The summed E-state index contributed by atoms with van der Waals surface area (Å²) in [5.74, 6) is -4.45. The van der Waals surface area contributed by atoms with Crippen LogP contribution in [0.15, 0.2) is 127 Å². The first-order valence-corrected chi connectivity index (χ1v) is 18.5. The van der Waals surface area contributed by atoms with Gasteiger partial charge in [-0.05, 0) is 0 Å². The van der Waals surface area contributed by atoms with Gasteiger partial charge in [-0.2, -0.15) is 0 Å². The van der Waals surface area contributed by atoms with Crippen molar-refractivity contribution in [2.24, 2.45) is 30.0 Å². The summed E-state index contributed by atoms with van der Waals surface area (Å²) < 4.78 is 52.6. The molecule has 10 nitrogen and oxygen atoms in total. The van der Waals surface area contributed by atoms with Gasteiger partial charge in [0.1, 0.15) is 0 Å². The van der Waals surface area contributed by atoms with E-state index in [2.05, 4.69) is 0 Å². The molecule has 4 aliphatic rings. The molecule has 0 N–H and O–H groups in total. The van der Waals surface area contributed by atoms with Gasteiger partial charge in [-0.3, -0.25) is 0 Å². The number of fused-ring (bicyclic) bond motifs is 14. The summed E-state index contributed by atoms with van der Waals surface area (Å²) in [5.41, 5.74) is 3.44. The van der Waals surface area contributed by atoms with E-state index in [0.29, 0.717) is 89.8 Å². The van der Waals surface area contributed by atoms with Crippen molar-refractivity contribution >= 4 is 79.6 Å². The van der Waals surface area contributed by atoms with Gasteiger partial charge in [-0.15, -0.1) is 0 Å². The van der Waals surface area contributed by atoms with E-state index in [0.717, 1.165) is 0 Å². The molecule has 0 saturated carbocycles. The molecule has 10 rings (SSSR count). The van der Waals surface area contributed by atoms with Gasteiger partial charge in [-0.1, -0.05) is 0 Å². The molecule has 234 valence electrons. The third-order valence-electron chi connectivity index (χ3n) is 8.94. The topological polar surface area (TPSA) is 110 Å². The van der Waals surface area contributed by atoms with Crippen molar-refractivity contribution < 1.29 is 21.5 Å². The van der Waals surface area contributed by atoms with Gasteiger partial charge in [0, 0.05) is 0 Å². The third-order valence-corrected chi connectivity index (χ3v) is 13.7. The van der Waals surface area contributed by atoms with Crippen LogP contribution in [-0.4, -0.2) is 65.5 Å². The first-order valence-electron chi connectivity index (χ1n) is 15.3. The Morgan fingerprint density at radius 3 is 1.39 bits per heavy atom. The SMILES string of the molecule is O=C([O][Ga]1[n]2c3c4ccccc4c2N=C2N=C(N=c4c5ccccc5c([n]41)=NC1=NC(=N3)c3ccccc31)c1ccccc12)C(F)(F)CF. The standard InChI is InChI=1S/C32H16N8.C3H3F3O2.Ga/c1-2-10-18-17(9-1)25-33-26(18)38-28-21-13-5-6-14-22(21)30(35-28)40-32-24-16-8-7-15-23(24)31(36-32)39-29-20-12-4-3-11-19(20)27(34-29)37-25;4-1-3(5,6)2(7)8;/h1-16H;1H2,(H,7,8);/q-2;;+3/p-1. The first-order chi connectivity index (χ1) is 23.9. The fraction of sp³-hybridized carbons (Fsp3) is 0.0571.